The topological polar surface area (TPSA) is 18.5 Å². The summed E-state index contributed by atoms with van der Waals surface area (Å²) in [7, 11) is -9.48. The van der Waals surface area contributed by atoms with Gasteiger partial charge in [0.2, 0.25) is 0 Å². The van der Waals surface area contributed by atoms with Crippen LogP contribution in [-0.2, 0) is 5.41 Å². The zero-order valence-electron chi connectivity index (χ0n) is 68.7. The van der Waals surface area contributed by atoms with E-state index in [0.717, 1.165) is 62.2 Å². The molecule has 2 aliphatic heterocycles. The van der Waals surface area contributed by atoms with Gasteiger partial charge in [0, 0.05) is 45.4 Å². The number of benzene rings is 17. The number of rotatable bonds is 20. The molecule has 0 spiro atoms. The van der Waals surface area contributed by atoms with Crippen molar-refractivity contribution in [3.8, 4) is 22.3 Å². The number of nitrogens with zero attached hydrogens (tertiary/aromatic N) is 2. The maximum Gasteiger partial charge on any atom is 0.252 e. The minimum atomic E-state index is -3.25. The Morgan fingerprint density at radius 1 is 0.286 bits per heavy atom. The van der Waals surface area contributed by atoms with Crippen molar-refractivity contribution in [2.75, 3.05) is 15.1 Å². The first-order chi connectivity index (χ1) is 58.3. The van der Waals surface area contributed by atoms with Crippen LogP contribution in [0.15, 0.2) is 437 Å². The Bertz CT molecular complexity index is 6110. The van der Waals surface area contributed by atoms with E-state index in [1.165, 1.54) is 101 Å². The molecule has 119 heavy (non-hydrogen) atoms. The van der Waals surface area contributed by atoms with Crippen LogP contribution in [0.4, 0.5) is 45.5 Å². The largest absolute Gasteiger partial charge is 0.356 e. The van der Waals surface area contributed by atoms with Crippen LogP contribution in [0.3, 0.4) is 0 Å². The van der Waals surface area contributed by atoms with Gasteiger partial charge in [0.1, 0.15) is 0 Å². The maximum absolute atomic E-state index is 4.53. The molecule has 2 heterocycles. The summed E-state index contributed by atoms with van der Waals surface area (Å²) < 4.78 is 0. The molecule has 574 valence electrons. The third-order valence-electron chi connectivity index (χ3n) is 25.4. The van der Waals surface area contributed by atoms with Crippen molar-refractivity contribution in [2.45, 2.75) is 65.7 Å². The predicted octanol–water partition coefficient (Wildman–Crippen LogP) is 18.5. The summed E-state index contributed by atoms with van der Waals surface area (Å²) in [4.78, 5) is 5.22. The lowest BCUT2D eigenvalue weighted by molar-refractivity contribution is 0.590. The highest BCUT2D eigenvalue weighted by Crippen LogP contribution is 2.47. The molecular formula is C112H96BN3Si3. The lowest BCUT2D eigenvalue weighted by Crippen LogP contribution is -2.75. The Balaban J connectivity index is 0.957. The molecule has 17 aromatic rings. The summed E-state index contributed by atoms with van der Waals surface area (Å²) >= 11 is 0. The third kappa shape index (κ3) is 13.4. The average molecular weight is 1580 g/mol. The van der Waals surface area contributed by atoms with Crippen molar-refractivity contribution in [2.24, 2.45) is 0 Å². The van der Waals surface area contributed by atoms with E-state index in [4.69, 9.17) is 0 Å². The van der Waals surface area contributed by atoms with E-state index in [9.17, 15) is 0 Å². The standard InChI is InChI=1S/C112H96BN3Si3/c1-80(2)82-61-67-88(68-62-82)115(89-69-63-83(64-70-89)81(3)4)91-77-107-110-109(78-91)116(90-38-36-58-102(76-90)118(95-45-23-11-24-46-95,96-47-25-12-26-48-96)97-49-27-13-28-50-97)108-79-103(119(98-51-29-14-30-52-98,99-53-31-15-32-54-99)100-55-33-16-34-56-100)71-72-105(108)113(110)106-75-86(84-59-65-87(66-60-84)112(5,6)7)74-104(111(106)114-107)85-37-35-57-101(73-85)117(92-39-17-8-18-40-92,93-41-19-9-20-42-93)94-43-21-10-22-44-94/h8-81,114H,1-7H3. The number of anilines is 8. The van der Waals surface area contributed by atoms with E-state index in [2.05, 4.69) is 500 Å². The first kappa shape index (κ1) is 75.9. The Kier molecular flexibility index (Phi) is 20.2. The lowest BCUT2D eigenvalue weighted by Gasteiger charge is -2.44. The van der Waals surface area contributed by atoms with Crippen LogP contribution < -0.4 is 93.7 Å². The van der Waals surface area contributed by atoms with E-state index in [1.54, 1.807) is 0 Å². The lowest BCUT2D eigenvalue weighted by atomic mass is 9.33. The molecule has 0 aromatic heterocycles. The van der Waals surface area contributed by atoms with Gasteiger partial charge in [-0.1, -0.05) is 425 Å². The highest BCUT2D eigenvalue weighted by Gasteiger charge is 2.49. The van der Waals surface area contributed by atoms with Gasteiger partial charge < -0.3 is 15.1 Å². The van der Waals surface area contributed by atoms with Gasteiger partial charge >= 0.3 is 0 Å². The average Bonchev–Trinajstić information content (AvgIpc) is 0.693. The second-order valence-corrected chi connectivity index (χ2v) is 45.3. The molecule has 19 rings (SSSR count). The first-order valence-electron chi connectivity index (χ1n) is 42.2. The molecule has 0 fully saturated rings. The molecule has 0 radical (unpaired) electrons. The quantitative estimate of drug-likeness (QED) is 0.0606. The van der Waals surface area contributed by atoms with Crippen LogP contribution in [0.25, 0.3) is 22.3 Å². The monoisotopic (exact) mass is 1580 g/mol. The number of fused-ring (bicyclic) bond motifs is 4. The minimum absolute atomic E-state index is 0.0491. The molecular weight excluding hydrogens is 1480 g/mol. The van der Waals surface area contributed by atoms with Gasteiger partial charge in [-0.3, -0.25) is 0 Å². The van der Waals surface area contributed by atoms with Crippen molar-refractivity contribution in [3.05, 3.63) is 453 Å². The van der Waals surface area contributed by atoms with Gasteiger partial charge in [0.15, 0.2) is 24.2 Å². The molecule has 0 saturated heterocycles. The summed E-state index contributed by atoms with van der Waals surface area (Å²) in [5, 5.41) is 20.3. The van der Waals surface area contributed by atoms with Gasteiger partial charge in [-0.25, -0.2) is 0 Å². The third-order valence-corrected chi connectivity index (χ3v) is 39.7. The summed E-state index contributed by atoms with van der Waals surface area (Å²) in [6.45, 7) is 15.8. The normalized spacial score (nSPS) is 12.5. The molecule has 0 unspecified atom stereocenters. The van der Waals surface area contributed by atoms with Crippen molar-refractivity contribution in [1.82, 2.24) is 0 Å². The summed E-state index contributed by atoms with van der Waals surface area (Å²) in [5.41, 5.74) is 20.8. The highest BCUT2D eigenvalue weighted by molar-refractivity contribution is 7.21. The molecule has 0 saturated carbocycles. The van der Waals surface area contributed by atoms with Crippen LogP contribution in [0.2, 0.25) is 0 Å². The maximum atomic E-state index is 4.53. The number of nitrogens with one attached hydrogen (secondary N) is 1. The van der Waals surface area contributed by atoms with Crippen LogP contribution >= 0.6 is 0 Å². The molecule has 0 atom stereocenters. The highest BCUT2D eigenvalue weighted by atomic mass is 28.3. The fourth-order valence-electron chi connectivity index (χ4n) is 19.6. The molecule has 2 aliphatic rings. The second-order valence-electron chi connectivity index (χ2n) is 33.9. The molecule has 0 amide bonds. The fraction of sp³-hybridized carbons (Fsp3) is 0.0893. The Morgan fingerprint density at radius 3 is 1.04 bits per heavy atom. The Labute approximate surface area is 706 Å². The minimum Gasteiger partial charge on any atom is -0.356 e. The smallest absolute Gasteiger partial charge is 0.252 e. The van der Waals surface area contributed by atoms with Gasteiger partial charge in [-0.2, -0.15) is 0 Å². The first-order valence-corrected chi connectivity index (χ1v) is 48.2. The summed E-state index contributed by atoms with van der Waals surface area (Å²) in [6.07, 6.45) is 0. The number of hydrogen-bond acceptors (Lipinski definition) is 3. The van der Waals surface area contributed by atoms with Crippen molar-refractivity contribution >= 4 is 155 Å². The zero-order chi connectivity index (χ0) is 80.8. The Morgan fingerprint density at radius 2 is 0.655 bits per heavy atom. The van der Waals surface area contributed by atoms with E-state index in [1.807, 2.05) is 0 Å². The molecule has 0 bridgehead atoms. The summed E-state index contributed by atoms with van der Waals surface area (Å²) in [5.74, 6) is 0.692. The van der Waals surface area contributed by atoms with Crippen LogP contribution in [0.1, 0.15) is 77.0 Å². The van der Waals surface area contributed by atoms with Crippen LogP contribution in [0.5, 0.6) is 0 Å². The Hall–Kier alpha value is -13.1. The molecule has 0 aliphatic carbocycles. The van der Waals surface area contributed by atoms with Crippen LogP contribution in [0, 0.1) is 0 Å². The van der Waals surface area contributed by atoms with Gasteiger partial charge in [0.05, 0.1) is 5.69 Å². The predicted molar refractivity (Wildman–Crippen MR) is 519 cm³/mol. The fourth-order valence-corrected chi connectivity index (χ4v) is 34.0. The van der Waals surface area contributed by atoms with Crippen molar-refractivity contribution in [1.29, 1.82) is 0 Å². The van der Waals surface area contributed by atoms with Crippen molar-refractivity contribution < 1.29 is 0 Å². The van der Waals surface area contributed by atoms with Gasteiger partial charge in [0.25, 0.3) is 6.71 Å². The molecule has 1 N–H and O–H groups in total. The van der Waals surface area contributed by atoms with E-state index < -0.39 is 24.2 Å². The molecule has 3 nitrogen and oxygen atoms in total. The van der Waals surface area contributed by atoms with Crippen LogP contribution in [-0.4, -0.2) is 30.9 Å². The van der Waals surface area contributed by atoms with E-state index >= 15 is 0 Å². The zero-order valence-corrected chi connectivity index (χ0v) is 71.7. The SMILES string of the molecule is CC(C)c1ccc(N(c2ccc(C(C)C)cc2)c2cc3c4c(c2)N(c2cccc([Si](c5ccccc5)(c5ccccc5)c5ccccc5)c2)c2cc([Si](c5ccccc5)(c5ccccc5)c5ccccc5)ccc2B4c2cc(-c4ccc(C(C)(C)C)cc4)cc(-c4cccc([Si](c5ccccc5)(c5ccccc5)c5ccccc5)c4)c2N3)cc1. The number of hydrogen-bond donors (Lipinski definition) is 1. The second kappa shape index (κ2) is 31.7. The van der Waals surface area contributed by atoms with Gasteiger partial charge in [-0.05, 0) is 190 Å². The summed E-state index contributed by atoms with van der Waals surface area (Å²) in [6, 6.07) is 168. The van der Waals surface area contributed by atoms with E-state index in [0.29, 0.717) is 11.8 Å². The van der Waals surface area contributed by atoms with Gasteiger partial charge in [-0.15, -0.1) is 0 Å². The molecule has 7 heteroatoms. The van der Waals surface area contributed by atoms with E-state index in [-0.39, 0.29) is 12.1 Å². The molecule has 17 aromatic carbocycles. The van der Waals surface area contributed by atoms with Crippen molar-refractivity contribution in [3.63, 3.8) is 0 Å².